The van der Waals surface area contributed by atoms with Crippen LogP contribution in [0.4, 0.5) is 5.69 Å². The number of ether oxygens (including phenoxy) is 1. The van der Waals surface area contributed by atoms with Crippen LogP contribution < -0.4 is 10.5 Å². The zero-order chi connectivity index (χ0) is 14.0. The van der Waals surface area contributed by atoms with Gasteiger partial charge in [-0.15, -0.1) is 0 Å². The highest BCUT2D eigenvalue weighted by atomic mass is 79.9. The van der Waals surface area contributed by atoms with Gasteiger partial charge in [0.2, 0.25) is 0 Å². The fourth-order valence-electron chi connectivity index (χ4n) is 1.99. The number of aryl methyl sites for hydroxylation is 2. The summed E-state index contributed by atoms with van der Waals surface area (Å²) in [4.78, 5) is 0. The van der Waals surface area contributed by atoms with Gasteiger partial charge in [-0.2, -0.15) is 0 Å². The topological polar surface area (TPSA) is 35.2 Å². The van der Waals surface area contributed by atoms with E-state index in [1.807, 2.05) is 44.2 Å². The number of hydrogen-bond acceptors (Lipinski definition) is 2. The van der Waals surface area contributed by atoms with Crippen molar-refractivity contribution in [3.8, 4) is 5.75 Å². The van der Waals surface area contributed by atoms with E-state index in [1.165, 1.54) is 0 Å². The lowest BCUT2D eigenvalue weighted by Gasteiger charge is -2.14. The molecule has 0 heterocycles. The Morgan fingerprint density at radius 2 is 1.84 bits per heavy atom. The largest absolute Gasteiger partial charge is 0.488 e. The zero-order valence-corrected chi connectivity index (χ0v) is 13.2. The third kappa shape index (κ3) is 3.23. The van der Waals surface area contributed by atoms with Crippen LogP contribution in [0.25, 0.3) is 0 Å². The first kappa shape index (κ1) is 14.2. The zero-order valence-electron chi connectivity index (χ0n) is 10.8. The minimum Gasteiger partial charge on any atom is -0.488 e. The van der Waals surface area contributed by atoms with Gasteiger partial charge in [-0.05, 0) is 59.1 Å². The Hall–Kier alpha value is -1.19. The molecule has 0 spiro atoms. The maximum atomic E-state index is 6.01. The van der Waals surface area contributed by atoms with Crippen molar-refractivity contribution in [1.82, 2.24) is 0 Å². The van der Waals surface area contributed by atoms with E-state index in [9.17, 15) is 0 Å². The quantitative estimate of drug-likeness (QED) is 0.808. The van der Waals surface area contributed by atoms with Gasteiger partial charge in [0.05, 0.1) is 0 Å². The van der Waals surface area contributed by atoms with Crippen LogP contribution in [0.15, 0.2) is 34.8 Å². The monoisotopic (exact) mass is 339 g/mol. The van der Waals surface area contributed by atoms with Crippen molar-refractivity contribution in [2.24, 2.45) is 0 Å². The molecule has 4 heteroatoms. The first-order valence-corrected chi connectivity index (χ1v) is 7.08. The lowest BCUT2D eigenvalue weighted by Crippen LogP contribution is -2.01. The van der Waals surface area contributed by atoms with Crippen LogP contribution in [0.2, 0.25) is 5.02 Å². The molecular formula is C15H15BrClNO. The van der Waals surface area contributed by atoms with Gasteiger partial charge in [-0.1, -0.05) is 23.7 Å². The average Bonchev–Trinajstić information content (AvgIpc) is 2.33. The molecule has 0 aliphatic carbocycles. The molecule has 0 atom stereocenters. The smallest absolute Gasteiger partial charge is 0.125 e. The summed E-state index contributed by atoms with van der Waals surface area (Å²) in [7, 11) is 0. The first-order valence-electron chi connectivity index (χ1n) is 5.91. The molecule has 2 aromatic rings. The molecule has 0 saturated heterocycles. The molecule has 0 bridgehead atoms. The molecule has 0 unspecified atom stereocenters. The Balaban J connectivity index is 2.22. The van der Waals surface area contributed by atoms with Crippen LogP contribution in [-0.2, 0) is 6.61 Å². The molecular weight excluding hydrogens is 326 g/mol. The van der Waals surface area contributed by atoms with Crippen molar-refractivity contribution in [1.29, 1.82) is 0 Å². The summed E-state index contributed by atoms with van der Waals surface area (Å²) in [5.41, 5.74) is 9.65. The average molecular weight is 341 g/mol. The Morgan fingerprint density at radius 1 is 1.21 bits per heavy atom. The summed E-state index contributed by atoms with van der Waals surface area (Å²) in [6.07, 6.45) is 0. The summed E-state index contributed by atoms with van der Waals surface area (Å²) in [5, 5.41) is 0.729. The maximum Gasteiger partial charge on any atom is 0.125 e. The normalized spacial score (nSPS) is 10.5. The lowest BCUT2D eigenvalue weighted by atomic mass is 10.1. The van der Waals surface area contributed by atoms with Gasteiger partial charge in [0.25, 0.3) is 0 Å². The van der Waals surface area contributed by atoms with Gasteiger partial charge in [-0.25, -0.2) is 0 Å². The van der Waals surface area contributed by atoms with Gasteiger partial charge >= 0.3 is 0 Å². The maximum absolute atomic E-state index is 6.01. The number of halogens is 2. The molecule has 0 fully saturated rings. The molecule has 2 aromatic carbocycles. The number of nitrogens with two attached hydrogens (primary N) is 1. The highest BCUT2D eigenvalue weighted by Gasteiger charge is 2.08. The Bertz CT molecular complexity index is 590. The van der Waals surface area contributed by atoms with Gasteiger partial charge in [0, 0.05) is 20.7 Å². The number of hydrogen-bond donors (Lipinski definition) is 1. The Morgan fingerprint density at radius 3 is 2.47 bits per heavy atom. The molecule has 0 radical (unpaired) electrons. The number of rotatable bonds is 3. The van der Waals surface area contributed by atoms with Gasteiger partial charge in [0.1, 0.15) is 12.4 Å². The van der Waals surface area contributed by atoms with E-state index in [0.717, 1.165) is 31.9 Å². The molecule has 2 N–H and O–H groups in total. The van der Waals surface area contributed by atoms with Crippen LogP contribution in [-0.4, -0.2) is 0 Å². The van der Waals surface area contributed by atoms with Crippen LogP contribution in [0.5, 0.6) is 5.75 Å². The molecule has 19 heavy (non-hydrogen) atoms. The van der Waals surface area contributed by atoms with Crippen molar-refractivity contribution in [2.75, 3.05) is 5.73 Å². The summed E-state index contributed by atoms with van der Waals surface area (Å²) in [6, 6.07) is 9.56. The lowest BCUT2D eigenvalue weighted by molar-refractivity contribution is 0.301. The Kier molecular flexibility index (Phi) is 4.38. The molecule has 0 aliphatic heterocycles. The second kappa shape index (κ2) is 5.85. The Labute approximate surface area is 126 Å². The van der Waals surface area contributed by atoms with Crippen molar-refractivity contribution >= 4 is 33.2 Å². The highest BCUT2D eigenvalue weighted by Crippen LogP contribution is 2.29. The second-order valence-electron chi connectivity index (χ2n) is 4.48. The van der Waals surface area contributed by atoms with E-state index >= 15 is 0 Å². The summed E-state index contributed by atoms with van der Waals surface area (Å²) in [6.45, 7) is 4.44. The number of nitrogen functional groups attached to an aromatic ring is 1. The van der Waals surface area contributed by atoms with E-state index < -0.39 is 0 Å². The van der Waals surface area contributed by atoms with Crippen LogP contribution in [0.1, 0.15) is 16.7 Å². The van der Waals surface area contributed by atoms with Crippen molar-refractivity contribution in [3.63, 3.8) is 0 Å². The minimum atomic E-state index is 0.467. The van der Waals surface area contributed by atoms with Crippen molar-refractivity contribution < 1.29 is 4.74 Å². The summed E-state index contributed by atoms with van der Waals surface area (Å²) in [5.74, 6) is 0.874. The molecule has 0 amide bonds. The van der Waals surface area contributed by atoms with Crippen LogP contribution in [0.3, 0.4) is 0 Å². The summed E-state index contributed by atoms with van der Waals surface area (Å²) < 4.78 is 6.79. The van der Waals surface area contributed by atoms with E-state index in [-0.39, 0.29) is 0 Å². The van der Waals surface area contributed by atoms with E-state index in [4.69, 9.17) is 22.1 Å². The van der Waals surface area contributed by atoms with E-state index in [0.29, 0.717) is 12.3 Å². The fourth-order valence-corrected chi connectivity index (χ4v) is 2.69. The van der Waals surface area contributed by atoms with Gasteiger partial charge in [-0.3, -0.25) is 0 Å². The van der Waals surface area contributed by atoms with Gasteiger partial charge in [0.15, 0.2) is 0 Å². The third-order valence-corrected chi connectivity index (χ3v) is 4.09. The standard InChI is InChI=1S/C15H15BrClNO/c1-9-6-12(17)7-10(2)15(9)19-8-11-4-3-5-13(18)14(11)16/h3-7H,8,18H2,1-2H3. The minimum absolute atomic E-state index is 0.467. The summed E-state index contributed by atoms with van der Waals surface area (Å²) >= 11 is 9.48. The molecule has 0 aliphatic rings. The van der Waals surface area contributed by atoms with Gasteiger partial charge < -0.3 is 10.5 Å². The van der Waals surface area contributed by atoms with Crippen molar-refractivity contribution in [2.45, 2.75) is 20.5 Å². The molecule has 100 valence electrons. The number of anilines is 1. The van der Waals surface area contributed by atoms with E-state index in [2.05, 4.69) is 15.9 Å². The third-order valence-electron chi connectivity index (χ3n) is 2.91. The second-order valence-corrected chi connectivity index (χ2v) is 5.71. The number of benzene rings is 2. The molecule has 0 aromatic heterocycles. The highest BCUT2D eigenvalue weighted by molar-refractivity contribution is 9.10. The fraction of sp³-hybridized carbons (Fsp3) is 0.200. The first-order chi connectivity index (χ1) is 8.99. The van der Waals surface area contributed by atoms with Crippen LogP contribution in [0, 0.1) is 13.8 Å². The SMILES string of the molecule is Cc1cc(Cl)cc(C)c1OCc1cccc(N)c1Br. The van der Waals surface area contributed by atoms with E-state index in [1.54, 1.807) is 0 Å². The van der Waals surface area contributed by atoms with Crippen LogP contribution >= 0.6 is 27.5 Å². The predicted molar refractivity (Wildman–Crippen MR) is 83.8 cm³/mol. The molecule has 2 rings (SSSR count). The predicted octanol–water partition coefficient (Wildman–Crippen LogP) is 4.88. The molecule has 0 saturated carbocycles. The molecule has 2 nitrogen and oxygen atoms in total. The van der Waals surface area contributed by atoms with Crippen molar-refractivity contribution in [3.05, 3.63) is 56.5 Å².